The number of esters is 3. The lowest BCUT2D eigenvalue weighted by atomic mass is 9.84. The van der Waals surface area contributed by atoms with Crippen molar-refractivity contribution in [2.45, 2.75) is 78.7 Å². The maximum absolute atomic E-state index is 12.6. The molecule has 0 aliphatic rings. The van der Waals surface area contributed by atoms with Crippen molar-refractivity contribution >= 4 is 56.6 Å². The monoisotopic (exact) mass is 621 g/mol. The number of nitrogens with one attached hydrogen (secondary N) is 3. The highest BCUT2D eigenvalue weighted by molar-refractivity contribution is 7.92. The highest BCUT2D eigenvalue weighted by Crippen LogP contribution is 2.37. The summed E-state index contributed by atoms with van der Waals surface area (Å²) in [6, 6.07) is 11.8. The Morgan fingerprint density at radius 3 is 1.71 bits per heavy atom. The highest BCUT2D eigenvalue weighted by Gasteiger charge is 2.47. The first-order chi connectivity index (χ1) is 19.5. The van der Waals surface area contributed by atoms with Crippen molar-refractivity contribution in [1.29, 1.82) is 0 Å². The number of benzene rings is 2. The van der Waals surface area contributed by atoms with E-state index in [2.05, 4.69) is 15.4 Å². The summed E-state index contributed by atoms with van der Waals surface area (Å²) in [5.41, 5.74) is 2.08. The van der Waals surface area contributed by atoms with E-state index < -0.39 is 33.9 Å². The molecular weight excluding hydrogens is 582 g/mol. The van der Waals surface area contributed by atoms with Crippen LogP contribution >= 0.6 is 12.2 Å². The molecule has 0 heterocycles. The second-order valence-electron chi connectivity index (χ2n) is 10.4. The van der Waals surface area contributed by atoms with Crippen molar-refractivity contribution in [3.05, 3.63) is 59.2 Å². The van der Waals surface area contributed by atoms with Crippen molar-refractivity contribution in [2.75, 3.05) is 16.3 Å². The van der Waals surface area contributed by atoms with Gasteiger partial charge in [-0.1, -0.05) is 53.7 Å². The van der Waals surface area contributed by atoms with Crippen LogP contribution in [0.2, 0.25) is 0 Å². The van der Waals surface area contributed by atoms with Gasteiger partial charge >= 0.3 is 23.9 Å². The molecule has 3 N–H and O–H groups in total. The summed E-state index contributed by atoms with van der Waals surface area (Å²) in [7, 11) is -3.41. The molecule has 0 radical (unpaired) electrons. The fourth-order valence-electron chi connectivity index (χ4n) is 3.56. The first-order valence-electron chi connectivity index (χ1n) is 13.4. The lowest BCUT2D eigenvalue weighted by molar-refractivity contribution is -0.340. The van der Waals surface area contributed by atoms with E-state index in [1.165, 1.54) is 0 Å². The van der Waals surface area contributed by atoms with E-state index in [-0.39, 0.29) is 41.9 Å². The summed E-state index contributed by atoms with van der Waals surface area (Å²) in [4.78, 5) is 37.8. The van der Waals surface area contributed by atoms with Gasteiger partial charge in [0.15, 0.2) is 5.11 Å². The predicted molar refractivity (Wildman–Crippen MR) is 164 cm³/mol. The smallest absolute Gasteiger partial charge is 0.384 e. The first kappa shape index (κ1) is 34.5. The summed E-state index contributed by atoms with van der Waals surface area (Å²) < 4.78 is 42.2. The topological polar surface area (TPSA) is 149 Å². The lowest BCUT2D eigenvalue weighted by Gasteiger charge is -2.34. The molecule has 0 bridgehead atoms. The Morgan fingerprint density at radius 1 is 0.810 bits per heavy atom. The van der Waals surface area contributed by atoms with Crippen LogP contribution in [0, 0.1) is 0 Å². The Kier molecular flexibility index (Phi) is 11.9. The van der Waals surface area contributed by atoms with Gasteiger partial charge in [-0.3, -0.25) is 19.1 Å². The SMILES string of the molecule is CCC(=O)OC(OC(=O)CC)(OC(=O)CC)c1cc(C(C)(C)C)ccc1CNC(=S)Nc1ccc(NS(C)(=O)=O)cc1. The zero-order valence-corrected chi connectivity index (χ0v) is 26.6. The highest BCUT2D eigenvalue weighted by atomic mass is 32.2. The van der Waals surface area contributed by atoms with Gasteiger partial charge in [-0.25, -0.2) is 8.42 Å². The summed E-state index contributed by atoms with van der Waals surface area (Å²) in [5.74, 6) is -4.68. The van der Waals surface area contributed by atoms with Crippen molar-refractivity contribution in [2.24, 2.45) is 0 Å². The van der Waals surface area contributed by atoms with Gasteiger partial charge in [0.2, 0.25) is 10.0 Å². The number of sulfonamides is 1. The van der Waals surface area contributed by atoms with Gasteiger partial charge in [-0.15, -0.1) is 0 Å². The van der Waals surface area contributed by atoms with Gasteiger partial charge in [0.1, 0.15) is 0 Å². The average Bonchev–Trinajstić information content (AvgIpc) is 2.91. The van der Waals surface area contributed by atoms with Crippen LogP contribution in [0.5, 0.6) is 0 Å². The number of rotatable bonds is 12. The molecule has 0 spiro atoms. The Balaban J connectivity index is 2.50. The Bertz CT molecular complexity index is 1360. The molecule has 2 rings (SSSR count). The van der Waals surface area contributed by atoms with Crippen molar-refractivity contribution < 1.29 is 37.0 Å². The van der Waals surface area contributed by atoms with Crippen LogP contribution in [0.25, 0.3) is 0 Å². The number of carbonyl (C=O) groups excluding carboxylic acids is 3. The molecule has 0 saturated heterocycles. The fourth-order valence-corrected chi connectivity index (χ4v) is 4.32. The molecule has 0 unspecified atom stereocenters. The molecule has 0 aliphatic carbocycles. The molecule has 0 amide bonds. The van der Waals surface area contributed by atoms with E-state index in [0.717, 1.165) is 11.8 Å². The standard InChI is InChI=1S/C29H39N3O8S2/c1-8-24(33)38-29(39-25(34)9-2,40-26(35)10-3)23-17-20(28(4,5)6)12-11-19(23)18-30-27(41)31-21-13-15-22(16-14-21)32-42(7,36)37/h11-17,32H,8-10,18H2,1-7H3,(H2,30,31,41). The second-order valence-corrected chi connectivity index (χ2v) is 12.6. The van der Waals surface area contributed by atoms with Crippen LogP contribution in [-0.2, 0) is 56.6 Å². The van der Waals surface area contributed by atoms with Crippen molar-refractivity contribution in [3.63, 3.8) is 0 Å². The first-order valence-corrected chi connectivity index (χ1v) is 15.7. The van der Waals surface area contributed by atoms with Gasteiger partial charge in [-0.05, 0) is 59.1 Å². The van der Waals surface area contributed by atoms with Crippen LogP contribution in [-0.4, -0.2) is 37.7 Å². The minimum Gasteiger partial charge on any atom is -0.384 e. The molecule has 0 aromatic heterocycles. The summed E-state index contributed by atoms with van der Waals surface area (Å²) in [5, 5.41) is 6.29. The summed E-state index contributed by atoms with van der Waals surface area (Å²) >= 11 is 5.45. The zero-order chi connectivity index (χ0) is 31.7. The molecule has 0 saturated carbocycles. The van der Waals surface area contributed by atoms with E-state index in [1.54, 1.807) is 57.2 Å². The molecule has 13 heteroatoms. The average molecular weight is 622 g/mol. The van der Waals surface area contributed by atoms with E-state index in [4.69, 9.17) is 26.4 Å². The third kappa shape index (κ3) is 10.3. The zero-order valence-electron chi connectivity index (χ0n) is 25.0. The van der Waals surface area contributed by atoms with Crippen LogP contribution < -0.4 is 15.4 Å². The third-order valence-corrected chi connectivity index (χ3v) is 6.65. The van der Waals surface area contributed by atoms with Crippen LogP contribution in [0.1, 0.15) is 77.5 Å². The number of ether oxygens (including phenoxy) is 3. The number of anilines is 2. The Hall–Kier alpha value is -3.71. The maximum atomic E-state index is 12.6. The number of carbonyl (C=O) groups is 3. The van der Waals surface area contributed by atoms with Crippen LogP contribution in [0.4, 0.5) is 11.4 Å². The Morgan fingerprint density at radius 2 is 1.29 bits per heavy atom. The summed E-state index contributed by atoms with van der Waals surface area (Å²) in [6.07, 6.45) is 0.876. The van der Waals surface area contributed by atoms with Crippen molar-refractivity contribution in [1.82, 2.24) is 5.32 Å². The van der Waals surface area contributed by atoms with E-state index in [1.807, 2.05) is 26.8 Å². The quantitative estimate of drug-likeness (QED) is 0.170. The van der Waals surface area contributed by atoms with E-state index in [9.17, 15) is 22.8 Å². The maximum Gasteiger partial charge on any atom is 0.454 e. The Labute approximate surface area is 252 Å². The van der Waals surface area contributed by atoms with Gasteiger partial charge in [-0.2, -0.15) is 0 Å². The normalized spacial score (nSPS) is 11.7. The minimum absolute atomic E-state index is 0.0614. The van der Waals surface area contributed by atoms with E-state index >= 15 is 0 Å². The number of thiocarbonyl (C=S) groups is 1. The van der Waals surface area contributed by atoms with Gasteiger partial charge in [0.05, 0.1) is 11.8 Å². The molecule has 0 aliphatic heterocycles. The minimum atomic E-state index is -3.41. The molecule has 11 nitrogen and oxygen atoms in total. The molecule has 2 aromatic rings. The third-order valence-electron chi connectivity index (χ3n) is 5.80. The molecule has 0 atom stereocenters. The van der Waals surface area contributed by atoms with Gasteiger partial charge in [0, 0.05) is 37.2 Å². The van der Waals surface area contributed by atoms with Gasteiger partial charge < -0.3 is 24.8 Å². The fraction of sp³-hybridized carbons (Fsp3) is 0.448. The lowest BCUT2D eigenvalue weighted by Crippen LogP contribution is -2.43. The second kappa shape index (κ2) is 14.5. The molecular formula is C29H39N3O8S2. The number of hydrogen-bond donors (Lipinski definition) is 3. The van der Waals surface area contributed by atoms with Gasteiger partial charge in [0.25, 0.3) is 0 Å². The van der Waals surface area contributed by atoms with Crippen molar-refractivity contribution in [3.8, 4) is 0 Å². The number of hydrogen-bond acceptors (Lipinski definition) is 9. The predicted octanol–water partition coefficient (Wildman–Crippen LogP) is 4.81. The largest absolute Gasteiger partial charge is 0.454 e. The molecule has 0 fully saturated rings. The van der Waals surface area contributed by atoms with E-state index in [0.29, 0.717) is 16.9 Å². The van der Waals surface area contributed by atoms with Crippen LogP contribution in [0.3, 0.4) is 0 Å². The molecule has 2 aromatic carbocycles. The molecule has 42 heavy (non-hydrogen) atoms. The summed E-state index contributed by atoms with van der Waals surface area (Å²) in [6.45, 7) is 10.7. The molecule has 230 valence electrons. The van der Waals surface area contributed by atoms with Crippen LogP contribution in [0.15, 0.2) is 42.5 Å².